The van der Waals surface area contributed by atoms with Gasteiger partial charge in [-0.15, -0.1) is 0 Å². The summed E-state index contributed by atoms with van der Waals surface area (Å²) in [7, 11) is 0. The second-order valence-electron chi connectivity index (χ2n) is 14.8. The van der Waals surface area contributed by atoms with E-state index in [1.165, 1.54) is 6.92 Å². The lowest BCUT2D eigenvalue weighted by Gasteiger charge is -2.61. The largest absolute Gasteiger partial charge is 0.509 e. The number of rotatable bonds is 7. The van der Waals surface area contributed by atoms with Crippen molar-refractivity contribution in [3.05, 3.63) is 22.5 Å². The molecule has 2 fully saturated rings. The van der Waals surface area contributed by atoms with E-state index < -0.39 is 75.0 Å². The first-order chi connectivity index (χ1) is 19.7. The highest BCUT2D eigenvalue weighted by Gasteiger charge is 2.70. The Labute approximate surface area is 253 Å². The predicted molar refractivity (Wildman–Crippen MR) is 160 cm³/mol. The number of guanidine groups is 1. The zero-order valence-electron chi connectivity index (χ0n) is 26.3. The van der Waals surface area contributed by atoms with Crippen molar-refractivity contribution in [2.24, 2.45) is 61.8 Å². The molecule has 9 N–H and O–H groups in total. The van der Waals surface area contributed by atoms with Crippen LogP contribution in [-0.4, -0.2) is 73.9 Å². The maximum Gasteiger partial charge on any atom is 0.334 e. The van der Waals surface area contributed by atoms with E-state index in [4.69, 9.17) is 11.5 Å². The molecule has 0 aromatic carbocycles. The number of nitrogens with two attached hydrogens (primary N) is 2. The first kappa shape index (κ1) is 33.1. The number of aliphatic carboxylic acids is 1. The first-order valence-corrected chi connectivity index (χ1v) is 15.2. The van der Waals surface area contributed by atoms with Gasteiger partial charge in [0.25, 0.3) is 0 Å². The molecule has 0 saturated heterocycles. The summed E-state index contributed by atoms with van der Waals surface area (Å²) < 4.78 is 0. The zero-order chi connectivity index (χ0) is 32.6. The molecule has 0 unspecified atom stereocenters. The summed E-state index contributed by atoms with van der Waals surface area (Å²) in [5.74, 6) is -4.31. The standard InChI is InChI=1S/C32H49N3O8/c1-14(16(13-35-28(33)34)26(41)25(40)15(2)27(42)43)17-10-22(39)32(7)24-18(36)11-20-29(3,4)21(38)8-9-30(20,5)23(24)19(37)12-31(17,32)6/h14,16-18,20,22,26,36,39-41H,8-13H2,1-7H3,(H,42,43)(H4,33,34,35)/b25-15-/t14-,16+,17-,18-,20-,22+,26+,30+,31-,32+/m1/s1. The molecule has 2 saturated carbocycles. The number of hydrogen-bond donors (Lipinski definition) is 7. The molecular formula is C32H49N3O8. The first-order valence-electron chi connectivity index (χ1n) is 15.2. The summed E-state index contributed by atoms with van der Waals surface area (Å²) in [4.78, 5) is 42.9. The Morgan fingerprint density at radius 3 is 2.23 bits per heavy atom. The van der Waals surface area contributed by atoms with Crippen LogP contribution in [0.2, 0.25) is 0 Å². The van der Waals surface area contributed by atoms with Crippen LogP contribution < -0.4 is 11.5 Å². The van der Waals surface area contributed by atoms with Gasteiger partial charge < -0.3 is 37.0 Å². The van der Waals surface area contributed by atoms with Crippen molar-refractivity contribution in [1.82, 2.24) is 0 Å². The maximum atomic E-state index is 14.3. The number of carbonyl (C=O) groups is 3. The maximum absolute atomic E-state index is 14.3. The van der Waals surface area contributed by atoms with Crippen molar-refractivity contribution < 1.29 is 39.9 Å². The molecule has 10 atom stereocenters. The molecule has 0 aromatic rings. The van der Waals surface area contributed by atoms with E-state index in [2.05, 4.69) is 4.99 Å². The van der Waals surface area contributed by atoms with Gasteiger partial charge in [-0.1, -0.05) is 41.5 Å². The average molecular weight is 604 g/mol. The number of nitrogens with zero attached hydrogens (tertiary/aromatic N) is 1. The molecule has 4 aliphatic rings. The van der Waals surface area contributed by atoms with Gasteiger partial charge in [-0.3, -0.25) is 14.6 Å². The van der Waals surface area contributed by atoms with Crippen LogP contribution in [0.25, 0.3) is 0 Å². The lowest BCUT2D eigenvalue weighted by Crippen LogP contribution is -2.60. The Hall–Kier alpha value is -2.76. The van der Waals surface area contributed by atoms with Gasteiger partial charge in [-0.05, 0) is 54.9 Å². The van der Waals surface area contributed by atoms with Gasteiger partial charge in [-0.2, -0.15) is 0 Å². The van der Waals surface area contributed by atoms with Crippen LogP contribution in [0.15, 0.2) is 27.5 Å². The number of Topliss-reactive ketones (excluding diaryl/α,β-unsaturated/α-hetero) is 2. The molecular weight excluding hydrogens is 554 g/mol. The number of hydrogen-bond acceptors (Lipinski definition) is 8. The Bertz CT molecular complexity index is 1320. The number of ketones is 2. The molecule has 240 valence electrons. The molecule has 4 rings (SSSR count). The average Bonchev–Trinajstić information content (AvgIpc) is 3.11. The minimum absolute atomic E-state index is 0.0822. The number of carboxylic acid groups (broad SMARTS) is 1. The number of allylic oxidation sites excluding steroid dienone is 1. The highest BCUT2D eigenvalue weighted by atomic mass is 16.4. The number of aliphatic hydroxyl groups excluding tert-OH is 4. The monoisotopic (exact) mass is 603 g/mol. The third kappa shape index (κ3) is 4.64. The summed E-state index contributed by atoms with van der Waals surface area (Å²) in [6.45, 7) is 12.5. The van der Waals surface area contributed by atoms with E-state index in [-0.39, 0.29) is 42.8 Å². The summed E-state index contributed by atoms with van der Waals surface area (Å²) in [6.07, 6.45) is -2.13. The summed E-state index contributed by atoms with van der Waals surface area (Å²) >= 11 is 0. The molecule has 0 bridgehead atoms. The lowest BCUT2D eigenvalue weighted by atomic mass is 9.42. The van der Waals surface area contributed by atoms with E-state index >= 15 is 0 Å². The van der Waals surface area contributed by atoms with E-state index in [0.29, 0.717) is 30.4 Å². The van der Waals surface area contributed by atoms with Crippen molar-refractivity contribution in [2.45, 2.75) is 98.9 Å². The Morgan fingerprint density at radius 2 is 1.67 bits per heavy atom. The Kier molecular flexibility index (Phi) is 8.24. The number of carboxylic acids is 1. The van der Waals surface area contributed by atoms with Crippen LogP contribution in [0, 0.1) is 45.3 Å². The highest BCUT2D eigenvalue weighted by Crippen LogP contribution is 2.71. The third-order valence-electron chi connectivity index (χ3n) is 12.6. The minimum atomic E-state index is -1.63. The summed E-state index contributed by atoms with van der Waals surface area (Å²) in [6, 6.07) is 0. The van der Waals surface area contributed by atoms with E-state index in [1.807, 2.05) is 41.5 Å². The van der Waals surface area contributed by atoms with Crippen molar-refractivity contribution in [3.8, 4) is 0 Å². The van der Waals surface area contributed by atoms with Crippen LogP contribution in [-0.2, 0) is 14.4 Å². The molecule has 43 heavy (non-hydrogen) atoms. The van der Waals surface area contributed by atoms with Gasteiger partial charge >= 0.3 is 5.97 Å². The fourth-order valence-electron chi connectivity index (χ4n) is 9.72. The number of aliphatic imine (C=N–C) groups is 1. The van der Waals surface area contributed by atoms with E-state index in [1.54, 1.807) is 0 Å². The molecule has 0 amide bonds. The summed E-state index contributed by atoms with van der Waals surface area (Å²) in [5.41, 5.74) is 8.66. The van der Waals surface area contributed by atoms with E-state index in [0.717, 1.165) is 0 Å². The SMILES string of the molecule is C/C(C(=O)O)=C(/O)[C@@H](O)[C@@H](CN=C(N)N)[C@@H](C)[C@H]1C[C@H](O)[C@@]2(C)C3=C(C(=O)C[C@]12C)[C@@]1(C)CCC(=O)C(C)(C)[C@H]1C[C@H]3O. The second kappa shape index (κ2) is 10.7. The van der Waals surface area contributed by atoms with Gasteiger partial charge in [0.05, 0.1) is 17.8 Å². The molecule has 0 aliphatic heterocycles. The lowest BCUT2D eigenvalue weighted by molar-refractivity contribution is -0.146. The highest BCUT2D eigenvalue weighted by molar-refractivity contribution is 6.01. The summed E-state index contributed by atoms with van der Waals surface area (Å²) in [5, 5.41) is 55.0. The smallest absolute Gasteiger partial charge is 0.334 e. The second-order valence-corrected chi connectivity index (χ2v) is 14.8. The topological polar surface area (TPSA) is 217 Å². The zero-order valence-corrected chi connectivity index (χ0v) is 26.3. The molecule has 0 heterocycles. The van der Waals surface area contributed by atoms with Crippen molar-refractivity contribution in [1.29, 1.82) is 0 Å². The van der Waals surface area contributed by atoms with Crippen molar-refractivity contribution in [2.75, 3.05) is 6.54 Å². The minimum Gasteiger partial charge on any atom is -0.509 e. The normalized spacial score (nSPS) is 39.6. The van der Waals surface area contributed by atoms with Gasteiger partial charge in [0, 0.05) is 47.1 Å². The van der Waals surface area contributed by atoms with Crippen LogP contribution >= 0.6 is 0 Å². The van der Waals surface area contributed by atoms with Crippen molar-refractivity contribution >= 4 is 23.5 Å². The fourth-order valence-corrected chi connectivity index (χ4v) is 9.72. The molecule has 4 aliphatic carbocycles. The number of aliphatic hydroxyl groups is 4. The van der Waals surface area contributed by atoms with Crippen LogP contribution in [0.4, 0.5) is 0 Å². The van der Waals surface area contributed by atoms with Crippen LogP contribution in [0.1, 0.15) is 80.6 Å². The van der Waals surface area contributed by atoms with Gasteiger partial charge in [-0.25, -0.2) is 4.79 Å². The number of carbonyl (C=O) groups excluding carboxylic acids is 2. The van der Waals surface area contributed by atoms with Crippen LogP contribution in [0.3, 0.4) is 0 Å². The van der Waals surface area contributed by atoms with Gasteiger partial charge in [0.15, 0.2) is 11.7 Å². The van der Waals surface area contributed by atoms with E-state index in [9.17, 15) is 39.9 Å². The van der Waals surface area contributed by atoms with Gasteiger partial charge in [0.1, 0.15) is 17.6 Å². The van der Waals surface area contributed by atoms with Crippen LogP contribution in [0.5, 0.6) is 0 Å². The van der Waals surface area contributed by atoms with Gasteiger partial charge in [0.2, 0.25) is 0 Å². The molecule has 0 aromatic heterocycles. The Morgan fingerprint density at radius 1 is 1.07 bits per heavy atom. The molecule has 11 heteroatoms. The quantitative estimate of drug-likeness (QED) is 0.0974. The number of fused-ring (bicyclic) bond motifs is 4. The predicted octanol–water partition coefficient (Wildman–Crippen LogP) is 2.23. The Balaban J connectivity index is 1.84. The third-order valence-corrected chi connectivity index (χ3v) is 12.6. The fraction of sp³-hybridized carbons (Fsp3) is 0.750. The molecule has 11 nitrogen and oxygen atoms in total. The molecule has 0 radical (unpaired) electrons. The molecule has 0 spiro atoms. The van der Waals surface area contributed by atoms with Crippen molar-refractivity contribution in [3.63, 3.8) is 0 Å².